The number of hydrogen-bond donors (Lipinski definition) is 2. The van der Waals surface area contributed by atoms with Crippen molar-refractivity contribution in [3.05, 3.63) is 35.9 Å². The Morgan fingerprint density at radius 2 is 2.04 bits per heavy atom. The summed E-state index contributed by atoms with van der Waals surface area (Å²) in [7, 11) is 0. The number of ether oxygens (including phenoxy) is 1. The molecule has 8 nitrogen and oxygen atoms in total. The predicted octanol–water partition coefficient (Wildman–Crippen LogP) is 0.633. The van der Waals surface area contributed by atoms with E-state index in [4.69, 9.17) is 4.74 Å². The molecule has 26 heavy (non-hydrogen) atoms. The molecule has 2 N–H and O–H groups in total. The van der Waals surface area contributed by atoms with Gasteiger partial charge in [0.05, 0.1) is 0 Å². The molecule has 0 radical (unpaired) electrons. The molecule has 1 aliphatic heterocycles. The number of amides is 4. The van der Waals surface area contributed by atoms with E-state index in [2.05, 4.69) is 10.6 Å². The van der Waals surface area contributed by atoms with Gasteiger partial charge < -0.3 is 15.4 Å². The van der Waals surface area contributed by atoms with E-state index in [1.807, 2.05) is 6.26 Å². The van der Waals surface area contributed by atoms with Crippen molar-refractivity contribution in [1.82, 2.24) is 15.5 Å². The highest BCUT2D eigenvalue weighted by Gasteiger charge is 2.28. The number of nitrogens with zero attached hydrogens (tertiary/aromatic N) is 1. The molecule has 0 spiro atoms. The lowest BCUT2D eigenvalue weighted by molar-refractivity contribution is -0.152. The maximum atomic E-state index is 12.3. The molecule has 0 unspecified atom stereocenters. The molecular formula is C17H21N3O5S. The molecule has 1 aromatic rings. The Bertz CT molecular complexity index is 668. The van der Waals surface area contributed by atoms with E-state index < -0.39 is 30.6 Å². The van der Waals surface area contributed by atoms with Gasteiger partial charge >= 0.3 is 12.0 Å². The highest BCUT2D eigenvalue weighted by molar-refractivity contribution is 7.98. The molecule has 0 aromatic heterocycles. The molecule has 140 valence electrons. The monoisotopic (exact) mass is 379 g/mol. The van der Waals surface area contributed by atoms with Gasteiger partial charge in [0.25, 0.3) is 11.8 Å². The fourth-order valence-corrected chi connectivity index (χ4v) is 2.81. The lowest BCUT2D eigenvalue weighted by atomic mass is 10.1. The minimum absolute atomic E-state index is 0.246. The van der Waals surface area contributed by atoms with Crippen molar-refractivity contribution in [1.29, 1.82) is 0 Å². The average Bonchev–Trinajstić information content (AvgIpc) is 3.09. The molecular weight excluding hydrogens is 358 g/mol. The van der Waals surface area contributed by atoms with Crippen molar-refractivity contribution in [2.75, 3.05) is 31.7 Å². The third-order valence-electron chi connectivity index (χ3n) is 3.73. The summed E-state index contributed by atoms with van der Waals surface area (Å²) in [5, 5.41) is 5.14. The van der Waals surface area contributed by atoms with Crippen molar-refractivity contribution in [3.63, 3.8) is 0 Å². The zero-order chi connectivity index (χ0) is 18.9. The molecule has 2 rings (SSSR count). The Kier molecular flexibility index (Phi) is 7.46. The summed E-state index contributed by atoms with van der Waals surface area (Å²) in [5.74, 6) is -1.04. The van der Waals surface area contributed by atoms with Crippen LogP contribution in [0.15, 0.2) is 30.3 Å². The normalized spacial score (nSPS) is 14.5. The summed E-state index contributed by atoms with van der Waals surface area (Å²) < 4.78 is 5.03. The standard InChI is InChI=1S/C17H21N3O5S/c1-26-10-7-13(19-15(22)12-5-3-2-4-6-12)16(23)25-11-14(21)20-9-8-18-17(20)24/h2-6,13H,7-11H2,1H3,(H,18,24)(H,19,22)/t13-/m0/s1. The van der Waals surface area contributed by atoms with E-state index in [9.17, 15) is 19.2 Å². The number of urea groups is 1. The lowest BCUT2D eigenvalue weighted by Gasteiger charge is -2.18. The number of rotatable bonds is 8. The zero-order valence-corrected chi connectivity index (χ0v) is 15.2. The van der Waals surface area contributed by atoms with E-state index >= 15 is 0 Å². The van der Waals surface area contributed by atoms with Crippen LogP contribution in [-0.4, -0.2) is 66.5 Å². The second-order valence-electron chi connectivity index (χ2n) is 5.56. The van der Waals surface area contributed by atoms with Gasteiger partial charge in [0.1, 0.15) is 6.04 Å². The second kappa shape index (κ2) is 9.81. The molecule has 4 amide bonds. The van der Waals surface area contributed by atoms with Crippen LogP contribution in [0, 0.1) is 0 Å². The SMILES string of the molecule is CSCC[C@H](NC(=O)c1ccccc1)C(=O)OCC(=O)N1CCNC1=O. The van der Waals surface area contributed by atoms with Crippen LogP contribution < -0.4 is 10.6 Å². The summed E-state index contributed by atoms with van der Waals surface area (Å²) in [6.45, 7) is 0.0844. The number of carbonyl (C=O) groups is 4. The first kappa shape index (κ1) is 19.8. The fourth-order valence-electron chi connectivity index (χ4n) is 2.34. The molecule has 1 heterocycles. The average molecular weight is 379 g/mol. The van der Waals surface area contributed by atoms with E-state index in [1.165, 1.54) is 11.8 Å². The minimum atomic E-state index is -0.865. The van der Waals surface area contributed by atoms with Crippen LogP contribution in [0.25, 0.3) is 0 Å². The molecule has 1 aliphatic rings. The number of hydrogen-bond acceptors (Lipinski definition) is 6. The number of esters is 1. The summed E-state index contributed by atoms with van der Waals surface area (Å²) >= 11 is 1.53. The first-order valence-corrected chi connectivity index (χ1v) is 9.52. The summed E-state index contributed by atoms with van der Waals surface area (Å²) in [5.41, 5.74) is 0.430. The molecule has 0 aliphatic carbocycles. The largest absolute Gasteiger partial charge is 0.454 e. The Morgan fingerprint density at radius 3 is 2.65 bits per heavy atom. The van der Waals surface area contributed by atoms with E-state index in [0.717, 1.165) is 4.90 Å². The molecule has 9 heteroatoms. The van der Waals surface area contributed by atoms with Crippen LogP contribution in [0.3, 0.4) is 0 Å². The van der Waals surface area contributed by atoms with E-state index in [-0.39, 0.29) is 12.5 Å². The lowest BCUT2D eigenvalue weighted by Crippen LogP contribution is -2.44. The van der Waals surface area contributed by atoms with Crippen LogP contribution in [0.5, 0.6) is 0 Å². The molecule has 1 atom stereocenters. The maximum absolute atomic E-state index is 12.3. The Morgan fingerprint density at radius 1 is 1.31 bits per heavy atom. The van der Waals surface area contributed by atoms with Gasteiger partial charge in [0.15, 0.2) is 6.61 Å². The Labute approximate surface area is 155 Å². The number of imide groups is 1. The summed E-state index contributed by atoms with van der Waals surface area (Å²) in [6, 6.07) is 7.16. The zero-order valence-electron chi connectivity index (χ0n) is 14.4. The van der Waals surface area contributed by atoms with Crippen molar-refractivity contribution < 1.29 is 23.9 Å². The van der Waals surface area contributed by atoms with Gasteiger partial charge in [-0.3, -0.25) is 14.5 Å². The first-order valence-electron chi connectivity index (χ1n) is 8.12. The number of nitrogens with one attached hydrogen (secondary N) is 2. The van der Waals surface area contributed by atoms with Crippen LogP contribution in [0.4, 0.5) is 4.79 Å². The molecule has 1 saturated heterocycles. The third-order valence-corrected chi connectivity index (χ3v) is 4.38. The summed E-state index contributed by atoms with van der Waals surface area (Å²) in [4.78, 5) is 48.9. The minimum Gasteiger partial charge on any atom is -0.454 e. The Balaban J connectivity index is 1.92. The number of thioether (sulfide) groups is 1. The van der Waals surface area contributed by atoms with Crippen molar-refractivity contribution in [2.45, 2.75) is 12.5 Å². The van der Waals surface area contributed by atoms with Crippen molar-refractivity contribution in [2.24, 2.45) is 0 Å². The van der Waals surface area contributed by atoms with Gasteiger partial charge in [-0.25, -0.2) is 9.59 Å². The van der Waals surface area contributed by atoms with Crippen LogP contribution in [0.1, 0.15) is 16.8 Å². The second-order valence-corrected chi connectivity index (χ2v) is 6.54. The predicted molar refractivity (Wildman–Crippen MR) is 96.8 cm³/mol. The smallest absolute Gasteiger partial charge is 0.329 e. The van der Waals surface area contributed by atoms with Gasteiger partial charge in [-0.15, -0.1) is 0 Å². The van der Waals surface area contributed by atoms with Gasteiger partial charge in [-0.05, 0) is 30.6 Å². The van der Waals surface area contributed by atoms with Crippen LogP contribution in [-0.2, 0) is 14.3 Å². The fraction of sp³-hybridized carbons (Fsp3) is 0.412. The summed E-state index contributed by atoms with van der Waals surface area (Å²) in [6.07, 6.45) is 2.26. The van der Waals surface area contributed by atoms with E-state index in [0.29, 0.717) is 24.3 Å². The van der Waals surface area contributed by atoms with Gasteiger partial charge in [0.2, 0.25) is 0 Å². The maximum Gasteiger partial charge on any atom is 0.329 e. The molecule has 1 fully saturated rings. The van der Waals surface area contributed by atoms with Gasteiger partial charge in [-0.1, -0.05) is 18.2 Å². The molecule has 0 bridgehead atoms. The topological polar surface area (TPSA) is 105 Å². The highest BCUT2D eigenvalue weighted by atomic mass is 32.2. The Hall–Kier alpha value is -2.55. The first-order chi connectivity index (χ1) is 12.5. The number of benzene rings is 1. The van der Waals surface area contributed by atoms with Gasteiger partial charge in [0, 0.05) is 18.7 Å². The van der Waals surface area contributed by atoms with Crippen molar-refractivity contribution >= 4 is 35.6 Å². The molecule has 0 saturated carbocycles. The van der Waals surface area contributed by atoms with Gasteiger partial charge in [-0.2, -0.15) is 11.8 Å². The van der Waals surface area contributed by atoms with Crippen molar-refractivity contribution in [3.8, 4) is 0 Å². The molecule has 1 aromatic carbocycles. The highest BCUT2D eigenvalue weighted by Crippen LogP contribution is 2.06. The quantitative estimate of drug-likeness (QED) is 0.642. The third kappa shape index (κ3) is 5.48. The van der Waals surface area contributed by atoms with Crippen LogP contribution in [0.2, 0.25) is 0 Å². The van der Waals surface area contributed by atoms with E-state index in [1.54, 1.807) is 30.3 Å². The number of carbonyl (C=O) groups excluding carboxylic acids is 4. The van der Waals surface area contributed by atoms with Crippen LogP contribution >= 0.6 is 11.8 Å².